The maximum atomic E-state index is 9.47. The van der Waals surface area contributed by atoms with E-state index < -0.39 is 0 Å². The molecule has 0 atom stereocenters. The first-order valence-electron chi connectivity index (χ1n) is 6.66. The Hall–Kier alpha value is -0.450. The van der Waals surface area contributed by atoms with Crippen LogP contribution in [0.2, 0.25) is 0 Å². The van der Waals surface area contributed by atoms with Gasteiger partial charge in [-0.3, -0.25) is 4.90 Å². The average molecular weight is 252 g/mol. The van der Waals surface area contributed by atoms with Crippen LogP contribution >= 0.6 is 11.3 Å². The molecule has 1 aromatic heterocycles. The van der Waals surface area contributed by atoms with E-state index in [0.29, 0.717) is 0 Å². The van der Waals surface area contributed by atoms with Crippen molar-refractivity contribution < 1.29 is 5.11 Å². The van der Waals surface area contributed by atoms with E-state index >= 15 is 0 Å². The summed E-state index contributed by atoms with van der Waals surface area (Å²) in [4.78, 5) is 8.39. The molecule has 2 aliphatic rings. The fraction of sp³-hybridized carbons (Fsp3) is 0.769. The third kappa shape index (κ3) is 2.69. The minimum absolute atomic E-state index is 0.0711. The summed E-state index contributed by atoms with van der Waals surface area (Å²) >= 11 is 1.90. The molecule has 0 aromatic carbocycles. The molecule has 0 amide bonds. The number of rotatable bonds is 3. The Morgan fingerprint density at radius 1 is 1.29 bits per heavy atom. The van der Waals surface area contributed by atoms with E-state index in [1.54, 1.807) is 0 Å². The number of piperidine rings is 1. The Morgan fingerprint density at radius 3 is 2.71 bits per heavy atom. The zero-order valence-electron chi connectivity index (χ0n) is 10.1. The number of hydrogen-bond donors (Lipinski definition) is 1. The largest absolute Gasteiger partial charge is 0.393 e. The molecule has 1 aromatic rings. The highest BCUT2D eigenvalue weighted by Gasteiger charge is 2.23. The van der Waals surface area contributed by atoms with Crippen LogP contribution in [0, 0.1) is 0 Å². The first-order valence-corrected chi connectivity index (χ1v) is 7.48. The van der Waals surface area contributed by atoms with Crippen molar-refractivity contribution in [1.82, 2.24) is 9.88 Å². The second-order valence-corrected chi connectivity index (χ2v) is 6.45. The van der Waals surface area contributed by atoms with Gasteiger partial charge in [0.15, 0.2) is 0 Å². The number of hydrogen-bond acceptors (Lipinski definition) is 4. The van der Waals surface area contributed by atoms with Crippen LogP contribution in [0.4, 0.5) is 0 Å². The highest BCUT2D eigenvalue weighted by atomic mass is 32.1. The Balaban J connectivity index is 1.55. The van der Waals surface area contributed by atoms with Gasteiger partial charge in [-0.1, -0.05) is 6.42 Å². The van der Waals surface area contributed by atoms with E-state index in [1.807, 2.05) is 11.3 Å². The molecule has 94 valence electrons. The highest BCUT2D eigenvalue weighted by Crippen LogP contribution is 2.38. The molecule has 2 heterocycles. The zero-order valence-corrected chi connectivity index (χ0v) is 11.0. The van der Waals surface area contributed by atoms with Crippen molar-refractivity contribution >= 4 is 11.3 Å². The van der Waals surface area contributed by atoms with Gasteiger partial charge in [-0.15, -0.1) is 11.3 Å². The SMILES string of the molecule is OC1CCN(Cc2cnc(C3CCC3)s2)CC1. The van der Waals surface area contributed by atoms with Gasteiger partial charge in [0.1, 0.15) is 0 Å². The molecule has 17 heavy (non-hydrogen) atoms. The number of nitrogens with zero attached hydrogens (tertiary/aromatic N) is 2. The van der Waals surface area contributed by atoms with E-state index in [4.69, 9.17) is 0 Å². The number of aliphatic hydroxyl groups excluding tert-OH is 1. The summed E-state index contributed by atoms with van der Waals surface area (Å²) in [5.41, 5.74) is 0. The number of aliphatic hydroxyl groups is 1. The van der Waals surface area contributed by atoms with Crippen molar-refractivity contribution in [3.8, 4) is 0 Å². The lowest BCUT2D eigenvalue weighted by Crippen LogP contribution is -2.35. The van der Waals surface area contributed by atoms with Crippen LogP contribution in [0.15, 0.2) is 6.20 Å². The van der Waals surface area contributed by atoms with Crippen LogP contribution in [-0.4, -0.2) is 34.2 Å². The van der Waals surface area contributed by atoms with Crippen LogP contribution in [0.3, 0.4) is 0 Å². The lowest BCUT2D eigenvalue weighted by Gasteiger charge is -2.28. The van der Waals surface area contributed by atoms with Crippen LogP contribution in [0.5, 0.6) is 0 Å². The quantitative estimate of drug-likeness (QED) is 0.897. The molecule has 0 radical (unpaired) electrons. The molecule has 1 saturated heterocycles. The molecule has 0 bridgehead atoms. The highest BCUT2D eigenvalue weighted by molar-refractivity contribution is 7.11. The summed E-state index contributed by atoms with van der Waals surface area (Å²) in [5.74, 6) is 0.761. The van der Waals surface area contributed by atoms with Crippen molar-refractivity contribution in [2.75, 3.05) is 13.1 Å². The van der Waals surface area contributed by atoms with Crippen molar-refractivity contribution in [1.29, 1.82) is 0 Å². The number of aromatic nitrogens is 1. The van der Waals surface area contributed by atoms with Crippen molar-refractivity contribution in [3.63, 3.8) is 0 Å². The van der Waals surface area contributed by atoms with E-state index in [2.05, 4.69) is 16.1 Å². The molecular formula is C13H20N2OS. The normalized spacial score (nSPS) is 23.8. The van der Waals surface area contributed by atoms with Gasteiger partial charge in [-0.2, -0.15) is 0 Å². The lowest BCUT2D eigenvalue weighted by atomic mass is 9.86. The van der Waals surface area contributed by atoms with E-state index in [1.165, 1.54) is 29.1 Å². The molecule has 1 aliphatic heterocycles. The Bertz CT molecular complexity index is 367. The monoisotopic (exact) mass is 252 g/mol. The molecule has 0 spiro atoms. The Kier molecular flexibility index (Phi) is 3.45. The van der Waals surface area contributed by atoms with Gasteiger partial charge in [0.25, 0.3) is 0 Å². The molecule has 1 N–H and O–H groups in total. The van der Waals surface area contributed by atoms with Crippen molar-refractivity contribution in [3.05, 3.63) is 16.1 Å². The Morgan fingerprint density at radius 2 is 2.06 bits per heavy atom. The topological polar surface area (TPSA) is 36.4 Å². The van der Waals surface area contributed by atoms with Crippen LogP contribution in [0.25, 0.3) is 0 Å². The summed E-state index contributed by atoms with van der Waals surface area (Å²) in [6.07, 6.45) is 7.89. The first-order chi connectivity index (χ1) is 8.31. The summed E-state index contributed by atoms with van der Waals surface area (Å²) in [6.45, 7) is 3.08. The standard InChI is InChI=1S/C13H20N2OS/c16-11-4-6-15(7-5-11)9-12-8-14-13(17-12)10-2-1-3-10/h8,10-11,16H,1-7,9H2. The van der Waals surface area contributed by atoms with Gasteiger partial charge in [-0.05, 0) is 25.7 Å². The molecule has 4 heteroatoms. The third-order valence-corrected chi connectivity index (χ3v) is 5.11. The molecule has 1 saturated carbocycles. The van der Waals surface area contributed by atoms with E-state index in [-0.39, 0.29) is 6.10 Å². The third-order valence-electron chi connectivity index (χ3n) is 3.96. The number of thiazole rings is 1. The van der Waals surface area contributed by atoms with Gasteiger partial charge < -0.3 is 5.11 Å². The van der Waals surface area contributed by atoms with Gasteiger partial charge in [0, 0.05) is 36.6 Å². The van der Waals surface area contributed by atoms with Gasteiger partial charge in [0.05, 0.1) is 11.1 Å². The minimum Gasteiger partial charge on any atom is -0.393 e. The molecule has 2 fully saturated rings. The Labute approximate surface area is 106 Å². The van der Waals surface area contributed by atoms with Crippen LogP contribution in [-0.2, 0) is 6.54 Å². The fourth-order valence-corrected chi connectivity index (χ4v) is 3.67. The number of likely N-dealkylation sites (tertiary alicyclic amines) is 1. The second kappa shape index (κ2) is 5.04. The maximum Gasteiger partial charge on any atom is 0.0959 e. The van der Waals surface area contributed by atoms with Crippen LogP contribution in [0.1, 0.15) is 47.9 Å². The predicted molar refractivity (Wildman–Crippen MR) is 69.2 cm³/mol. The summed E-state index contributed by atoms with van der Waals surface area (Å²) < 4.78 is 0. The molecule has 3 nitrogen and oxygen atoms in total. The molecule has 3 rings (SSSR count). The van der Waals surface area contributed by atoms with E-state index in [9.17, 15) is 5.11 Å². The molecule has 0 unspecified atom stereocenters. The lowest BCUT2D eigenvalue weighted by molar-refractivity contribution is 0.0797. The zero-order chi connectivity index (χ0) is 11.7. The summed E-state index contributed by atoms with van der Waals surface area (Å²) in [7, 11) is 0. The molecule has 1 aliphatic carbocycles. The van der Waals surface area contributed by atoms with Gasteiger partial charge in [0.2, 0.25) is 0 Å². The van der Waals surface area contributed by atoms with E-state index in [0.717, 1.165) is 38.4 Å². The van der Waals surface area contributed by atoms with Crippen molar-refractivity contribution in [2.24, 2.45) is 0 Å². The van der Waals surface area contributed by atoms with Gasteiger partial charge in [-0.25, -0.2) is 4.98 Å². The predicted octanol–water partition coefficient (Wildman–Crippen LogP) is 2.37. The minimum atomic E-state index is -0.0711. The van der Waals surface area contributed by atoms with Crippen LogP contribution < -0.4 is 0 Å². The summed E-state index contributed by atoms with van der Waals surface area (Å²) in [5, 5.41) is 10.8. The van der Waals surface area contributed by atoms with Crippen molar-refractivity contribution in [2.45, 2.75) is 50.7 Å². The smallest absolute Gasteiger partial charge is 0.0959 e. The second-order valence-electron chi connectivity index (χ2n) is 5.30. The summed E-state index contributed by atoms with van der Waals surface area (Å²) in [6, 6.07) is 0. The maximum absolute atomic E-state index is 9.47. The fourth-order valence-electron chi connectivity index (χ4n) is 2.54. The first kappa shape index (κ1) is 11.6. The van der Waals surface area contributed by atoms with Gasteiger partial charge >= 0.3 is 0 Å². The molecular weight excluding hydrogens is 232 g/mol. The average Bonchev–Trinajstić information content (AvgIpc) is 2.67.